The van der Waals surface area contributed by atoms with Crippen molar-refractivity contribution in [1.29, 1.82) is 0 Å². The van der Waals surface area contributed by atoms with Crippen LogP contribution >= 0.6 is 11.6 Å². The molecule has 0 bridgehead atoms. The van der Waals surface area contributed by atoms with Gasteiger partial charge >= 0.3 is 0 Å². The molecule has 0 saturated carbocycles. The summed E-state index contributed by atoms with van der Waals surface area (Å²) in [6.07, 6.45) is 3.94. The minimum atomic E-state index is -2.78. The van der Waals surface area contributed by atoms with E-state index in [2.05, 4.69) is 14.9 Å². The molecule has 5 nitrogen and oxygen atoms in total. The third-order valence-corrected chi connectivity index (χ3v) is 5.77. The van der Waals surface area contributed by atoms with Gasteiger partial charge in [0, 0.05) is 24.7 Å². The minimum absolute atomic E-state index is 0.294. The highest BCUT2D eigenvalue weighted by molar-refractivity contribution is 7.91. The SMILES string of the molecule is O=S1(=O)CCN(CCCc2c[nH]c3nc(Cl)ccc23)CC1. The number of aromatic amines is 1. The van der Waals surface area contributed by atoms with Crippen LogP contribution in [0.3, 0.4) is 0 Å². The number of aryl methyl sites for hydroxylation is 1. The number of rotatable bonds is 4. The second-order valence-electron chi connectivity index (χ2n) is 5.44. The van der Waals surface area contributed by atoms with Crippen LogP contribution in [0.1, 0.15) is 12.0 Å². The average Bonchev–Trinajstić information content (AvgIpc) is 2.83. The molecule has 0 spiro atoms. The monoisotopic (exact) mass is 327 g/mol. The molecule has 3 rings (SSSR count). The molecule has 21 heavy (non-hydrogen) atoms. The van der Waals surface area contributed by atoms with Gasteiger partial charge in [-0.2, -0.15) is 0 Å². The average molecular weight is 328 g/mol. The van der Waals surface area contributed by atoms with Crippen LogP contribution in [0.2, 0.25) is 5.15 Å². The second-order valence-corrected chi connectivity index (χ2v) is 8.13. The molecular formula is C14H18ClN3O2S. The van der Waals surface area contributed by atoms with Crippen molar-refractivity contribution in [3.63, 3.8) is 0 Å². The highest BCUT2D eigenvalue weighted by Crippen LogP contribution is 2.20. The molecule has 1 saturated heterocycles. The lowest BCUT2D eigenvalue weighted by molar-refractivity contribution is 0.292. The molecular weight excluding hydrogens is 310 g/mol. The molecule has 0 aliphatic carbocycles. The summed E-state index contributed by atoms with van der Waals surface area (Å²) in [5, 5.41) is 1.60. The van der Waals surface area contributed by atoms with Gasteiger partial charge < -0.3 is 9.88 Å². The van der Waals surface area contributed by atoms with Gasteiger partial charge in [0.25, 0.3) is 0 Å². The molecule has 0 aromatic carbocycles. The Hall–Kier alpha value is -1.11. The van der Waals surface area contributed by atoms with E-state index in [1.807, 2.05) is 12.3 Å². The molecule has 1 fully saturated rings. The first-order chi connectivity index (χ1) is 10.0. The second kappa shape index (κ2) is 5.94. The van der Waals surface area contributed by atoms with Crippen molar-refractivity contribution in [3.05, 3.63) is 29.0 Å². The maximum absolute atomic E-state index is 11.4. The number of pyridine rings is 1. The molecule has 1 N–H and O–H groups in total. The third kappa shape index (κ3) is 3.56. The summed E-state index contributed by atoms with van der Waals surface area (Å²) in [5.74, 6) is 0.588. The number of hydrogen-bond acceptors (Lipinski definition) is 4. The fourth-order valence-electron chi connectivity index (χ4n) is 2.71. The first-order valence-electron chi connectivity index (χ1n) is 7.09. The number of halogens is 1. The summed E-state index contributed by atoms with van der Waals surface area (Å²) in [4.78, 5) is 9.61. The number of H-pyrrole nitrogens is 1. The summed E-state index contributed by atoms with van der Waals surface area (Å²) in [7, 11) is -2.78. The van der Waals surface area contributed by atoms with E-state index in [0.29, 0.717) is 29.7 Å². The van der Waals surface area contributed by atoms with Crippen molar-refractivity contribution < 1.29 is 8.42 Å². The molecule has 0 amide bonds. The van der Waals surface area contributed by atoms with Gasteiger partial charge in [-0.1, -0.05) is 11.6 Å². The Balaban J connectivity index is 1.55. The zero-order chi connectivity index (χ0) is 14.9. The third-order valence-electron chi connectivity index (χ3n) is 3.95. The summed E-state index contributed by atoms with van der Waals surface area (Å²) in [6, 6.07) is 3.79. The number of sulfone groups is 1. The Bertz CT molecular complexity index is 728. The molecule has 1 aliphatic heterocycles. The quantitative estimate of drug-likeness (QED) is 0.871. The smallest absolute Gasteiger partial charge is 0.152 e. The topological polar surface area (TPSA) is 66.1 Å². The van der Waals surface area contributed by atoms with E-state index in [9.17, 15) is 8.42 Å². The summed E-state index contributed by atoms with van der Waals surface area (Å²) in [6.45, 7) is 2.25. The number of nitrogens with zero attached hydrogens (tertiary/aromatic N) is 2. The minimum Gasteiger partial charge on any atom is -0.346 e. The van der Waals surface area contributed by atoms with Gasteiger partial charge in [0.15, 0.2) is 9.84 Å². The lowest BCUT2D eigenvalue weighted by atomic mass is 10.1. The van der Waals surface area contributed by atoms with E-state index in [1.54, 1.807) is 6.07 Å². The van der Waals surface area contributed by atoms with Crippen molar-refractivity contribution in [2.45, 2.75) is 12.8 Å². The Kier molecular flexibility index (Phi) is 4.19. The van der Waals surface area contributed by atoms with Crippen LogP contribution in [0, 0.1) is 0 Å². The van der Waals surface area contributed by atoms with Crippen LogP contribution in [-0.2, 0) is 16.3 Å². The number of nitrogens with one attached hydrogen (secondary N) is 1. The molecule has 3 heterocycles. The summed E-state index contributed by atoms with van der Waals surface area (Å²) in [5.41, 5.74) is 2.06. The van der Waals surface area contributed by atoms with E-state index in [4.69, 9.17) is 11.6 Å². The van der Waals surface area contributed by atoms with Crippen molar-refractivity contribution in [3.8, 4) is 0 Å². The van der Waals surface area contributed by atoms with Gasteiger partial charge in [0.2, 0.25) is 0 Å². The van der Waals surface area contributed by atoms with E-state index >= 15 is 0 Å². The molecule has 0 atom stereocenters. The number of aromatic nitrogens is 2. The van der Waals surface area contributed by atoms with Crippen molar-refractivity contribution >= 4 is 32.5 Å². The molecule has 1 aliphatic rings. The molecule has 0 radical (unpaired) electrons. The van der Waals surface area contributed by atoms with E-state index < -0.39 is 9.84 Å². The molecule has 114 valence electrons. The fraction of sp³-hybridized carbons (Fsp3) is 0.500. The van der Waals surface area contributed by atoms with Gasteiger partial charge in [0.05, 0.1) is 11.5 Å². The van der Waals surface area contributed by atoms with Crippen LogP contribution in [0.4, 0.5) is 0 Å². The Morgan fingerprint density at radius 1 is 1.29 bits per heavy atom. The Morgan fingerprint density at radius 3 is 2.81 bits per heavy atom. The van der Waals surface area contributed by atoms with E-state index in [0.717, 1.165) is 30.4 Å². The van der Waals surface area contributed by atoms with Crippen LogP contribution in [0.5, 0.6) is 0 Å². The Morgan fingerprint density at radius 2 is 2.05 bits per heavy atom. The maximum Gasteiger partial charge on any atom is 0.152 e. The maximum atomic E-state index is 11.4. The first-order valence-corrected chi connectivity index (χ1v) is 9.29. The van der Waals surface area contributed by atoms with Crippen molar-refractivity contribution in [1.82, 2.24) is 14.9 Å². The van der Waals surface area contributed by atoms with Crippen molar-refractivity contribution in [2.24, 2.45) is 0 Å². The normalized spacial score (nSPS) is 19.1. The predicted molar refractivity (Wildman–Crippen MR) is 84.5 cm³/mol. The molecule has 2 aromatic rings. The van der Waals surface area contributed by atoms with Gasteiger partial charge in [-0.05, 0) is 37.1 Å². The highest BCUT2D eigenvalue weighted by Gasteiger charge is 2.20. The summed E-state index contributed by atoms with van der Waals surface area (Å²) >= 11 is 5.87. The lowest BCUT2D eigenvalue weighted by Crippen LogP contribution is -2.40. The highest BCUT2D eigenvalue weighted by atomic mass is 35.5. The number of hydrogen-bond donors (Lipinski definition) is 1. The van der Waals surface area contributed by atoms with E-state index in [1.165, 1.54) is 5.56 Å². The predicted octanol–water partition coefficient (Wildman–Crippen LogP) is 1.88. The van der Waals surface area contributed by atoms with Gasteiger partial charge in [0.1, 0.15) is 10.8 Å². The number of fused-ring (bicyclic) bond motifs is 1. The lowest BCUT2D eigenvalue weighted by Gasteiger charge is -2.26. The van der Waals surface area contributed by atoms with Gasteiger partial charge in [-0.25, -0.2) is 13.4 Å². The summed E-state index contributed by atoms with van der Waals surface area (Å²) < 4.78 is 22.8. The molecule has 2 aromatic heterocycles. The van der Waals surface area contributed by atoms with Crippen LogP contribution < -0.4 is 0 Å². The van der Waals surface area contributed by atoms with Crippen LogP contribution in [-0.4, -0.2) is 54.4 Å². The zero-order valence-corrected chi connectivity index (χ0v) is 13.3. The molecule has 0 unspecified atom stereocenters. The van der Waals surface area contributed by atoms with Crippen molar-refractivity contribution in [2.75, 3.05) is 31.1 Å². The standard InChI is InChI=1S/C14H18ClN3O2S/c15-13-4-3-12-11(10-16-14(12)17-13)2-1-5-18-6-8-21(19,20)9-7-18/h3-4,10H,1-2,5-9H2,(H,16,17). The largest absolute Gasteiger partial charge is 0.346 e. The first kappa shape index (κ1) is 14.8. The Labute approximate surface area is 129 Å². The van der Waals surface area contributed by atoms with Gasteiger partial charge in [-0.15, -0.1) is 0 Å². The molecule has 7 heteroatoms. The fourth-order valence-corrected chi connectivity index (χ4v) is 4.14. The van der Waals surface area contributed by atoms with Crippen LogP contribution in [0.15, 0.2) is 18.3 Å². The van der Waals surface area contributed by atoms with E-state index in [-0.39, 0.29) is 0 Å². The van der Waals surface area contributed by atoms with Gasteiger partial charge in [-0.3, -0.25) is 0 Å². The van der Waals surface area contributed by atoms with Crippen LogP contribution in [0.25, 0.3) is 11.0 Å². The zero-order valence-electron chi connectivity index (χ0n) is 11.7.